The predicted molar refractivity (Wildman–Crippen MR) is 104 cm³/mol. The molecule has 28 heavy (non-hydrogen) atoms. The molecule has 0 aliphatic heterocycles. The van der Waals surface area contributed by atoms with Gasteiger partial charge >= 0.3 is 5.97 Å². The fourth-order valence-electron chi connectivity index (χ4n) is 2.73. The van der Waals surface area contributed by atoms with E-state index in [9.17, 15) is 9.59 Å². The van der Waals surface area contributed by atoms with Gasteiger partial charge in [-0.25, -0.2) is 4.98 Å². The highest BCUT2D eigenvalue weighted by Crippen LogP contribution is 2.22. The topological polar surface area (TPSA) is 86.7 Å². The molecule has 142 valence electrons. The Balaban J connectivity index is 1.32. The van der Waals surface area contributed by atoms with Crippen LogP contribution in [0.25, 0.3) is 16.3 Å². The molecule has 0 radical (unpaired) electrons. The Morgan fingerprint density at radius 2 is 2.04 bits per heavy atom. The summed E-state index contributed by atoms with van der Waals surface area (Å²) in [7, 11) is 0. The van der Waals surface area contributed by atoms with E-state index in [4.69, 9.17) is 9.15 Å². The smallest absolute Gasteiger partial charge is 0.306 e. The lowest BCUT2D eigenvalue weighted by Crippen LogP contribution is -2.14. The van der Waals surface area contributed by atoms with Crippen molar-refractivity contribution < 1.29 is 13.9 Å². The van der Waals surface area contributed by atoms with E-state index < -0.39 is 0 Å². The van der Waals surface area contributed by atoms with Crippen LogP contribution < -0.4 is 5.56 Å². The van der Waals surface area contributed by atoms with Crippen molar-refractivity contribution in [3.8, 4) is 11.3 Å². The Bertz CT molecular complexity index is 1180. The second-order valence-corrected chi connectivity index (χ2v) is 7.26. The van der Waals surface area contributed by atoms with Gasteiger partial charge < -0.3 is 9.15 Å². The third-order valence-corrected chi connectivity index (χ3v) is 4.95. The van der Waals surface area contributed by atoms with Crippen LogP contribution in [0.4, 0.5) is 0 Å². The maximum atomic E-state index is 12.0. The number of hydrogen-bond donors (Lipinski definition) is 0. The van der Waals surface area contributed by atoms with Gasteiger partial charge in [0.1, 0.15) is 18.1 Å². The van der Waals surface area contributed by atoms with Crippen LogP contribution in [-0.4, -0.2) is 20.6 Å². The fourth-order valence-corrected chi connectivity index (χ4v) is 3.59. The first-order valence-corrected chi connectivity index (χ1v) is 9.56. The fraction of sp³-hybridized carbons (Fsp3) is 0.200. The van der Waals surface area contributed by atoms with Gasteiger partial charge in [-0.3, -0.25) is 9.59 Å². The van der Waals surface area contributed by atoms with Crippen molar-refractivity contribution >= 4 is 22.3 Å². The summed E-state index contributed by atoms with van der Waals surface area (Å²) >= 11 is 1.23. The van der Waals surface area contributed by atoms with E-state index in [1.165, 1.54) is 21.9 Å². The van der Waals surface area contributed by atoms with Crippen LogP contribution in [0, 0.1) is 6.92 Å². The average Bonchev–Trinajstić information content (AvgIpc) is 3.32. The highest BCUT2D eigenvalue weighted by Gasteiger charge is 2.12. The summed E-state index contributed by atoms with van der Waals surface area (Å²) in [6.07, 6.45) is 0.648. The van der Waals surface area contributed by atoms with Crippen molar-refractivity contribution in [3.05, 3.63) is 75.3 Å². The molecule has 0 fully saturated rings. The molecule has 3 heterocycles. The lowest BCUT2D eigenvalue weighted by molar-refractivity contribution is -0.145. The molecular formula is C20H17N3O4S. The zero-order valence-corrected chi connectivity index (χ0v) is 15.9. The third kappa shape index (κ3) is 4.01. The Morgan fingerprint density at radius 3 is 2.86 bits per heavy atom. The third-order valence-electron chi connectivity index (χ3n) is 4.07. The molecule has 0 N–H and O–H groups in total. The summed E-state index contributed by atoms with van der Waals surface area (Å²) in [4.78, 5) is 28.6. The van der Waals surface area contributed by atoms with E-state index in [0.717, 1.165) is 17.1 Å². The van der Waals surface area contributed by atoms with Gasteiger partial charge in [-0.1, -0.05) is 41.7 Å². The van der Waals surface area contributed by atoms with E-state index >= 15 is 0 Å². The molecule has 3 aromatic heterocycles. The molecule has 0 bridgehead atoms. The minimum atomic E-state index is -0.353. The maximum absolute atomic E-state index is 12.0. The van der Waals surface area contributed by atoms with Gasteiger partial charge in [-0.2, -0.15) is 9.61 Å². The van der Waals surface area contributed by atoms with Gasteiger partial charge in [-0.15, -0.1) is 0 Å². The van der Waals surface area contributed by atoms with Gasteiger partial charge in [0, 0.05) is 23.7 Å². The van der Waals surface area contributed by atoms with Crippen molar-refractivity contribution in [2.75, 3.05) is 0 Å². The molecule has 0 unspecified atom stereocenters. The Labute approximate surface area is 164 Å². The largest absolute Gasteiger partial charge is 0.461 e. The van der Waals surface area contributed by atoms with Crippen molar-refractivity contribution in [3.63, 3.8) is 0 Å². The minimum absolute atomic E-state index is 0.0127. The van der Waals surface area contributed by atoms with Crippen molar-refractivity contribution in [1.82, 2.24) is 14.6 Å². The SMILES string of the molecule is Cc1cc(=O)n2nc(COC(=O)CCc3ccc(-c4ccccc4)o3)sc2n1. The van der Waals surface area contributed by atoms with Gasteiger partial charge in [-0.05, 0) is 19.1 Å². The normalized spacial score (nSPS) is 11.0. The number of aryl methyl sites for hydroxylation is 2. The molecule has 0 atom stereocenters. The standard InChI is InChI=1S/C20H17N3O4S/c1-13-11-18(24)23-20(21-13)28-17(22-23)12-26-19(25)10-8-15-7-9-16(27-15)14-5-3-2-4-6-14/h2-7,9,11H,8,10,12H2,1H3. The number of nitrogens with zero attached hydrogens (tertiary/aromatic N) is 3. The maximum Gasteiger partial charge on any atom is 0.306 e. The van der Waals surface area contributed by atoms with Crippen LogP contribution >= 0.6 is 11.3 Å². The van der Waals surface area contributed by atoms with Crippen LogP contribution in [0.1, 0.15) is 22.9 Å². The number of carbonyl (C=O) groups is 1. The number of rotatable bonds is 6. The van der Waals surface area contributed by atoms with E-state index in [0.29, 0.717) is 22.1 Å². The molecular weight excluding hydrogens is 378 g/mol. The summed E-state index contributed by atoms with van der Waals surface area (Å²) < 4.78 is 12.3. The number of aromatic nitrogens is 3. The van der Waals surface area contributed by atoms with Gasteiger partial charge in [0.25, 0.3) is 5.56 Å². The molecule has 0 saturated heterocycles. The summed E-state index contributed by atoms with van der Waals surface area (Å²) in [6, 6.07) is 14.9. The van der Waals surface area contributed by atoms with Crippen LogP contribution in [0.5, 0.6) is 0 Å². The number of furan rings is 1. The number of benzene rings is 1. The lowest BCUT2D eigenvalue weighted by Gasteiger charge is -2.01. The molecule has 4 aromatic rings. The zero-order chi connectivity index (χ0) is 19.5. The Hall–Kier alpha value is -3.26. The molecule has 0 spiro atoms. The number of ether oxygens (including phenoxy) is 1. The number of carbonyl (C=O) groups excluding carboxylic acids is 1. The molecule has 0 amide bonds. The van der Waals surface area contributed by atoms with E-state index in [1.807, 2.05) is 42.5 Å². The highest BCUT2D eigenvalue weighted by molar-refractivity contribution is 7.16. The van der Waals surface area contributed by atoms with E-state index in [-0.39, 0.29) is 24.6 Å². The second kappa shape index (κ2) is 7.77. The first-order valence-electron chi connectivity index (χ1n) is 8.74. The van der Waals surface area contributed by atoms with Crippen molar-refractivity contribution in [1.29, 1.82) is 0 Å². The summed E-state index contributed by atoms with van der Waals surface area (Å²) in [6.45, 7) is 1.76. The van der Waals surface area contributed by atoms with Crippen molar-refractivity contribution in [2.45, 2.75) is 26.4 Å². The van der Waals surface area contributed by atoms with Crippen LogP contribution in [-0.2, 0) is 22.6 Å². The monoisotopic (exact) mass is 395 g/mol. The number of hydrogen-bond acceptors (Lipinski definition) is 7. The van der Waals surface area contributed by atoms with Gasteiger partial charge in [0.2, 0.25) is 4.96 Å². The van der Waals surface area contributed by atoms with Gasteiger partial charge in [0.15, 0.2) is 5.01 Å². The molecule has 8 heteroatoms. The molecule has 0 saturated carbocycles. The Kier molecular flexibility index (Phi) is 5.03. The van der Waals surface area contributed by atoms with E-state index in [2.05, 4.69) is 10.1 Å². The molecule has 4 rings (SSSR count). The molecule has 7 nitrogen and oxygen atoms in total. The quantitative estimate of drug-likeness (QED) is 0.465. The summed E-state index contributed by atoms with van der Waals surface area (Å²) in [5.74, 6) is 1.14. The first kappa shape index (κ1) is 18.1. The average molecular weight is 395 g/mol. The summed E-state index contributed by atoms with van der Waals surface area (Å²) in [5.41, 5.74) is 1.38. The Morgan fingerprint density at radius 1 is 1.21 bits per heavy atom. The molecule has 0 aliphatic rings. The highest BCUT2D eigenvalue weighted by atomic mass is 32.1. The van der Waals surface area contributed by atoms with Crippen LogP contribution in [0.15, 0.2) is 57.7 Å². The first-order chi connectivity index (χ1) is 13.6. The van der Waals surface area contributed by atoms with E-state index in [1.54, 1.807) is 6.92 Å². The minimum Gasteiger partial charge on any atom is -0.461 e. The van der Waals surface area contributed by atoms with Crippen LogP contribution in [0.3, 0.4) is 0 Å². The molecule has 0 aliphatic carbocycles. The summed E-state index contributed by atoms with van der Waals surface area (Å²) in [5, 5.41) is 4.67. The number of fused-ring (bicyclic) bond motifs is 1. The predicted octanol–water partition coefficient (Wildman–Crippen LogP) is 3.40. The number of esters is 1. The zero-order valence-electron chi connectivity index (χ0n) is 15.1. The van der Waals surface area contributed by atoms with Crippen molar-refractivity contribution in [2.24, 2.45) is 0 Å². The second-order valence-electron chi connectivity index (χ2n) is 6.22. The molecule has 1 aromatic carbocycles. The van der Waals surface area contributed by atoms with Crippen LogP contribution in [0.2, 0.25) is 0 Å². The van der Waals surface area contributed by atoms with Gasteiger partial charge in [0.05, 0.1) is 6.42 Å². The lowest BCUT2D eigenvalue weighted by atomic mass is 10.2.